The highest BCUT2D eigenvalue weighted by Crippen LogP contribution is 2.19. The third-order valence-electron chi connectivity index (χ3n) is 5.55. The molecule has 0 radical (unpaired) electrons. The molecule has 0 saturated heterocycles. The number of aromatic nitrogens is 5. The summed E-state index contributed by atoms with van der Waals surface area (Å²) in [4.78, 5) is 56.3. The number of benzene rings is 1. The lowest BCUT2D eigenvalue weighted by Crippen LogP contribution is -2.42. The van der Waals surface area contributed by atoms with E-state index in [1.54, 1.807) is 0 Å². The van der Waals surface area contributed by atoms with Crippen molar-refractivity contribution in [2.45, 2.75) is 25.9 Å². The number of hydrogen-bond donors (Lipinski definition) is 2. The lowest BCUT2D eigenvalue weighted by atomic mass is 10.0. The van der Waals surface area contributed by atoms with Crippen molar-refractivity contribution in [1.82, 2.24) is 29.0 Å². The van der Waals surface area contributed by atoms with Crippen LogP contribution in [0.2, 0.25) is 0 Å². The Morgan fingerprint density at radius 2 is 1.94 bits per heavy atom. The summed E-state index contributed by atoms with van der Waals surface area (Å²) in [5, 5.41) is 3.61. The smallest absolute Gasteiger partial charge is 0.332 e. The molecule has 4 aromatic rings. The summed E-state index contributed by atoms with van der Waals surface area (Å²) >= 11 is 0. The first-order valence-corrected chi connectivity index (χ1v) is 10.4. The van der Waals surface area contributed by atoms with Gasteiger partial charge in [-0.25, -0.2) is 14.6 Å². The number of carbonyl (C=O) groups is 2. The normalized spacial score (nSPS) is 12.2. The minimum atomic E-state index is -0.866. The van der Waals surface area contributed by atoms with Crippen molar-refractivity contribution in [3.63, 3.8) is 0 Å². The van der Waals surface area contributed by atoms with Gasteiger partial charge in [0.15, 0.2) is 11.2 Å². The van der Waals surface area contributed by atoms with Crippen LogP contribution >= 0.6 is 0 Å². The molecule has 0 aliphatic carbocycles. The molecule has 33 heavy (non-hydrogen) atoms. The van der Waals surface area contributed by atoms with Gasteiger partial charge >= 0.3 is 11.7 Å². The molecule has 3 aromatic heterocycles. The molecule has 0 unspecified atom stereocenters. The first kappa shape index (κ1) is 22.1. The maximum Gasteiger partial charge on any atom is 0.332 e. The number of ether oxygens (including phenoxy) is 1. The fraction of sp³-hybridized carbons (Fsp3) is 0.318. The predicted molar refractivity (Wildman–Crippen MR) is 121 cm³/mol. The monoisotopic (exact) mass is 452 g/mol. The number of imidazole rings is 1. The van der Waals surface area contributed by atoms with E-state index in [1.165, 1.54) is 36.5 Å². The van der Waals surface area contributed by atoms with Gasteiger partial charge < -0.3 is 19.6 Å². The largest absolute Gasteiger partial charge is 0.462 e. The number of aryl methyl sites for hydroxylation is 1. The molecular weight excluding hydrogens is 428 g/mol. The molecule has 2 N–H and O–H groups in total. The summed E-state index contributed by atoms with van der Waals surface area (Å²) in [5.74, 6) is -0.929. The van der Waals surface area contributed by atoms with Gasteiger partial charge in [0.05, 0.1) is 12.9 Å². The van der Waals surface area contributed by atoms with E-state index >= 15 is 0 Å². The van der Waals surface area contributed by atoms with Gasteiger partial charge in [-0.05, 0) is 11.6 Å². The second-order valence-corrected chi connectivity index (χ2v) is 7.80. The van der Waals surface area contributed by atoms with Crippen LogP contribution < -0.4 is 16.6 Å². The molecule has 1 aromatic carbocycles. The molecule has 0 aliphatic heterocycles. The summed E-state index contributed by atoms with van der Waals surface area (Å²) in [6.45, 7) is 1.46. The topological polar surface area (TPSA) is 133 Å². The van der Waals surface area contributed by atoms with Gasteiger partial charge in [0.25, 0.3) is 5.56 Å². The Labute approximate surface area is 187 Å². The van der Waals surface area contributed by atoms with E-state index in [1.807, 2.05) is 30.5 Å². The van der Waals surface area contributed by atoms with Crippen LogP contribution in [0.1, 0.15) is 12.5 Å². The van der Waals surface area contributed by atoms with Crippen molar-refractivity contribution in [2.24, 2.45) is 14.1 Å². The van der Waals surface area contributed by atoms with Crippen LogP contribution in [-0.4, -0.2) is 48.2 Å². The molecule has 0 spiro atoms. The number of esters is 1. The van der Waals surface area contributed by atoms with Crippen LogP contribution in [0.3, 0.4) is 0 Å². The van der Waals surface area contributed by atoms with Crippen LogP contribution in [0.25, 0.3) is 22.1 Å². The van der Waals surface area contributed by atoms with Crippen molar-refractivity contribution in [3.8, 4) is 0 Å². The van der Waals surface area contributed by atoms with Gasteiger partial charge in [0.2, 0.25) is 5.91 Å². The number of nitrogens with zero attached hydrogens (tertiary/aromatic N) is 4. The zero-order chi connectivity index (χ0) is 23.7. The molecule has 11 heteroatoms. The van der Waals surface area contributed by atoms with Crippen molar-refractivity contribution in [1.29, 1.82) is 0 Å². The van der Waals surface area contributed by atoms with Crippen LogP contribution in [0.4, 0.5) is 0 Å². The Morgan fingerprint density at radius 3 is 2.70 bits per heavy atom. The molecular formula is C22H24N6O5. The number of H-pyrrole nitrogens is 1. The van der Waals surface area contributed by atoms with E-state index in [-0.39, 0.29) is 36.6 Å². The van der Waals surface area contributed by atoms with E-state index < -0.39 is 23.3 Å². The van der Waals surface area contributed by atoms with Crippen molar-refractivity contribution < 1.29 is 14.3 Å². The zero-order valence-electron chi connectivity index (χ0n) is 18.5. The molecule has 3 heterocycles. The standard InChI is InChI=1S/C22H24N6O5/c1-13(29)25-17(10-14-11-23-16-7-5-4-6-15(14)16)21(31)33-9-8-28-12-24-19-18(28)20(30)27(3)22(32)26(19)2/h4-7,11-12,17,23H,8-10H2,1-3H3,(H,25,29)/t17-/m0/s1. The number of rotatable bonds is 7. The highest BCUT2D eigenvalue weighted by atomic mass is 16.5. The predicted octanol–water partition coefficient (Wildman–Crippen LogP) is 0.206. The highest BCUT2D eigenvalue weighted by molar-refractivity contribution is 5.86. The van der Waals surface area contributed by atoms with Crippen molar-refractivity contribution in [2.75, 3.05) is 6.61 Å². The molecule has 4 rings (SSSR count). The molecule has 1 atom stereocenters. The molecule has 11 nitrogen and oxygen atoms in total. The Bertz CT molecular complexity index is 1470. The number of amides is 1. The van der Waals surface area contributed by atoms with E-state index in [2.05, 4.69) is 15.3 Å². The summed E-state index contributed by atoms with van der Waals surface area (Å²) in [5.41, 5.74) is 1.36. The summed E-state index contributed by atoms with van der Waals surface area (Å²) in [6, 6.07) is 6.82. The molecule has 0 bridgehead atoms. The molecule has 1 amide bonds. The Balaban J connectivity index is 1.49. The number of aromatic amines is 1. The number of hydrogen-bond acceptors (Lipinski definition) is 6. The van der Waals surface area contributed by atoms with Gasteiger partial charge in [0.1, 0.15) is 12.6 Å². The fourth-order valence-electron chi connectivity index (χ4n) is 3.87. The third-order valence-corrected chi connectivity index (χ3v) is 5.55. The summed E-state index contributed by atoms with van der Waals surface area (Å²) < 4.78 is 9.25. The highest BCUT2D eigenvalue weighted by Gasteiger charge is 2.23. The van der Waals surface area contributed by atoms with Gasteiger partial charge in [0, 0.05) is 44.5 Å². The second kappa shape index (κ2) is 8.77. The Kier molecular flexibility index (Phi) is 5.86. The van der Waals surface area contributed by atoms with E-state index in [0.29, 0.717) is 0 Å². The summed E-state index contributed by atoms with van der Waals surface area (Å²) in [7, 11) is 2.93. The molecule has 0 saturated carbocycles. The number of nitrogens with one attached hydrogen (secondary N) is 2. The average Bonchev–Trinajstić information content (AvgIpc) is 3.40. The maximum absolute atomic E-state index is 12.8. The fourth-order valence-corrected chi connectivity index (χ4v) is 3.87. The first-order chi connectivity index (χ1) is 15.8. The van der Waals surface area contributed by atoms with Crippen molar-refractivity contribution in [3.05, 3.63) is 63.2 Å². The number of para-hydroxylation sites is 1. The molecule has 0 fully saturated rings. The Morgan fingerprint density at radius 1 is 1.18 bits per heavy atom. The SMILES string of the molecule is CC(=O)N[C@@H](Cc1c[nH]c2ccccc12)C(=O)OCCn1cnc2c1c(=O)n(C)c(=O)n2C. The first-order valence-electron chi connectivity index (χ1n) is 10.4. The molecule has 0 aliphatic rings. The number of fused-ring (bicyclic) bond motifs is 2. The van der Waals surface area contributed by atoms with Crippen molar-refractivity contribution >= 4 is 33.9 Å². The second-order valence-electron chi connectivity index (χ2n) is 7.80. The van der Waals surface area contributed by atoms with Crippen LogP contribution in [0, 0.1) is 0 Å². The summed E-state index contributed by atoms with van der Waals surface area (Å²) in [6.07, 6.45) is 3.50. The lowest BCUT2D eigenvalue weighted by Gasteiger charge is -2.17. The third kappa shape index (κ3) is 4.16. The van der Waals surface area contributed by atoms with E-state index in [4.69, 9.17) is 4.74 Å². The van der Waals surface area contributed by atoms with Gasteiger partial charge in [-0.15, -0.1) is 0 Å². The minimum Gasteiger partial charge on any atom is -0.462 e. The van der Waals surface area contributed by atoms with E-state index in [0.717, 1.165) is 21.0 Å². The quantitative estimate of drug-likeness (QED) is 0.385. The Hall–Kier alpha value is -4.15. The van der Waals surface area contributed by atoms with Gasteiger partial charge in [-0.3, -0.25) is 18.7 Å². The number of carbonyl (C=O) groups excluding carboxylic acids is 2. The maximum atomic E-state index is 12.8. The zero-order valence-corrected chi connectivity index (χ0v) is 18.5. The molecule has 172 valence electrons. The van der Waals surface area contributed by atoms with Crippen LogP contribution in [-0.2, 0) is 41.4 Å². The average molecular weight is 452 g/mol. The van der Waals surface area contributed by atoms with Crippen LogP contribution in [0.5, 0.6) is 0 Å². The lowest BCUT2D eigenvalue weighted by molar-refractivity contribution is -0.148. The van der Waals surface area contributed by atoms with Crippen LogP contribution in [0.15, 0.2) is 46.4 Å². The van der Waals surface area contributed by atoms with E-state index in [9.17, 15) is 19.2 Å². The van der Waals surface area contributed by atoms with Gasteiger partial charge in [-0.1, -0.05) is 18.2 Å². The minimum absolute atomic E-state index is 0.0414. The van der Waals surface area contributed by atoms with Gasteiger partial charge in [-0.2, -0.15) is 0 Å².